The molecule has 156 valence electrons. The minimum Gasteiger partial charge on any atom is -0.497 e. The molecule has 0 saturated heterocycles. The van der Waals surface area contributed by atoms with E-state index in [0.29, 0.717) is 25.4 Å². The average Bonchev–Trinajstić information content (AvgIpc) is 2.76. The maximum atomic E-state index is 12.8. The summed E-state index contributed by atoms with van der Waals surface area (Å²) < 4.78 is 16.0. The van der Waals surface area contributed by atoms with E-state index in [-0.39, 0.29) is 11.4 Å². The molecule has 0 spiro atoms. The number of carbonyl (C=O) groups is 1. The quantitative estimate of drug-likeness (QED) is 0.805. The first-order valence-corrected chi connectivity index (χ1v) is 9.79. The highest BCUT2D eigenvalue weighted by Gasteiger charge is 2.26. The Bertz CT molecular complexity index is 862. The van der Waals surface area contributed by atoms with Crippen molar-refractivity contribution in [1.82, 2.24) is 10.2 Å². The third-order valence-electron chi connectivity index (χ3n) is 5.56. The molecule has 0 unspecified atom stereocenters. The molecule has 6 nitrogen and oxygen atoms in total. The van der Waals surface area contributed by atoms with Crippen molar-refractivity contribution >= 4 is 6.03 Å². The molecule has 1 heterocycles. The van der Waals surface area contributed by atoms with Crippen molar-refractivity contribution in [2.24, 2.45) is 0 Å². The molecule has 0 aromatic heterocycles. The molecule has 2 aromatic rings. The highest BCUT2D eigenvalue weighted by atomic mass is 16.5. The summed E-state index contributed by atoms with van der Waals surface area (Å²) in [7, 11) is 4.92. The van der Waals surface area contributed by atoms with Gasteiger partial charge in [0.2, 0.25) is 0 Å². The summed E-state index contributed by atoms with van der Waals surface area (Å²) in [6.07, 6.45) is 0.797. The molecular formula is C23H30N2O4. The van der Waals surface area contributed by atoms with Gasteiger partial charge in [-0.15, -0.1) is 0 Å². The second kappa shape index (κ2) is 8.64. The number of carbonyl (C=O) groups excluding carboxylic acids is 1. The van der Waals surface area contributed by atoms with Crippen LogP contribution in [-0.2, 0) is 18.4 Å². The zero-order chi connectivity index (χ0) is 21.0. The first-order chi connectivity index (χ1) is 13.9. The van der Waals surface area contributed by atoms with Crippen LogP contribution in [0.25, 0.3) is 0 Å². The molecule has 0 fully saturated rings. The summed E-state index contributed by atoms with van der Waals surface area (Å²) in [4.78, 5) is 14.6. The van der Waals surface area contributed by atoms with Gasteiger partial charge in [-0.05, 0) is 47.4 Å². The van der Waals surface area contributed by atoms with E-state index in [1.807, 2.05) is 41.3 Å². The monoisotopic (exact) mass is 398 g/mol. The Hall–Kier alpha value is -2.89. The van der Waals surface area contributed by atoms with Crippen LogP contribution in [0.2, 0.25) is 0 Å². The van der Waals surface area contributed by atoms with Gasteiger partial charge in [-0.25, -0.2) is 4.79 Å². The molecule has 0 atom stereocenters. The van der Waals surface area contributed by atoms with E-state index >= 15 is 0 Å². The Balaban J connectivity index is 1.64. The van der Waals surface area contributed by atoms with Crippen LogP contribution < -0.4 is 19.5 Å². The van der Waals surface area contributed by atoms with E-state index in [2.05, 4.69) is 19.2 Å². The molecule has 1 aliphatic rings. The minimum absolute atomic E-state index is 0.0491. The maximum Gasteiger partial charge on any atom is 0.317 e. The summed E-state index contributed by atoms with van der Waals surface area (Å²) in [6, 6.07) is 11.9. The number of nitrogens with one attached hydrogen (secondary N) is 1. The number of amides is 2. The standard InChI is InChI=1S/C23H30N2O4/c1-23(2,18-6-8-19(27-3)9-7-18)15-24-22(26)25-11-10-16-12-20(28-4)21(29-5)13-17(16)14-25/h6-9,12-13H,10-11,14-15H2,1-5H3,(H,24,26). The lowest BCUT2D eigenvalue weighted by atomic mass is 9.84. The number of methoxy groups -OCH3 is 3. The van der Waals surface area contributed by atoms with Gasteiger partial charge in [0.1, 0.15) is 5.75 Å². The molecule has 2 amide bonds. The fourth-order valence-corrected chi connectivity index (χ4v) is 3.61. The van der Waals surface area contributed by atoms with Crippen LogP contribution in [0.3, 0.4) is 0 Å². The number of hydrogen-bond acceptors (Lipinski definition) is 4. The Morgan fingerprint density at radius 2 is 1.62 bits per heavy atom. The summed E-state index contributed by atoms with van der Waals surface area (Å²) in [5.74, 6) is 2.24. The van der Waals surface area contributed by atoms with Gasteiger partial charge in [-0.3, -0.25) is 0 Å². The summed E-state index contributed by atoms with van der Waals surface area (Å²) in [6.45, 7) is 6.03. The Labute approximate surface area is 172 Å². The highest BCUT2D eigenvalue weighted by molar-refractivity contribution is 5.75. The SMILES string of the molecule is COc1ccc(C(C)(C)CNC(=O)N2CCc3cc(OC)c(OC)cc3C2)cc1. The fourth-order valence-electron chi connectivity index (χ4n) is 3.61. The van der Waals surface area contributed by atoms with Crippen molar-refractivity contribution in [1.29, 1.82) is 0 Å². The van der Waals surface area contributed by atoms with Crippen LogP contribution in [0.4, 0.5) is 4.79 Å². The number of hydrogen-bond donors (Lipinski definition) is 1. The van der Waals surface area contributed by atoms with Gasteiger partial charge in [0.05, 0.1) is 21.3 Å². The molecule has 0 saturated carbocycles. The van der Waals surface area contributed by atoms with Gasteiger partial charge in [0.15, 0.2) is 11.5 Å². The molecule has 6 heteroatoms. The second-order valence-corrected chi connectivity index (χ2v) is 7.92. The number of fused-ring (bicyclic) bond motifs is 1. The third kappa shape index (κ3) is 4.58. The zero-order valence-electron chi connectivity index (χ0n) is 17.9. The van der Waals surface area contributed by atoms with E-state index in [4.69, 9.17) is 14.2 Å². The van der Waals surface area contributed by atoms with E-state index < -0.39 is 0 Å². The lowest BCUT2D eigenvalue weighted by Crippen LogP contribution is -2.46. The van der Waals surface area contributed by atoms with Crippen molar-refractivity contribution in [3.05, 3.63) is 53.1 Å². The van der Waals surface area contributed by atoms with E-state index in [1.54, 1.807) is 21.3 Å². The van der Waals surface area contributed by atoms with Gasteiger partial charge in [0.25, 0.3) is 0 Å². The predicted octanol–water partition coefficient (Wildman–Crippen LogP) is 3.76. The molecule has 2 aromatic carbocycles. The van der Waals surface area contributed by atoms with Crippen molar-refractivity contribution in [3.63, 3.8) is 0 Å². The lowest BCUT2D eigenvalue weighted by Gasteiger charge is -2.32. The second-order valence-electron chi connectivity index (χ2n) is 7.92. The Morgan fingerprint density at radius 3 is 2.21 bits per heavy atom. The van der Waals surface area contributed by atoms with Crippen LogP contribution in [0.1, 0.15) is 30.5 Å². The van der Waals surface area contributed by atoms with Gasteiger partial charge in [-0.2, -0.15) is 0 Å². The number of benzene rings is 2. The highest BCUT2D eigenvalue weighted by Crippen LogP contribution is 2.33. The van der Waals surface area contributed by atoms with Gasteiger partial charge in [0, 0.05) is 25.0 Å². The normalized spacial score (nSPS) is 13.5. The molecule has 1 aliphatic heterocycles. The van der Waals surface area contributed by atoms with Gasteiger partial charge >= 0.3 is 6.03 Å². The van der Waals surface area contributed by atoms with Crippen LogP contribution in [0.15, 0.2) is 36.4 Å². The molecule has 0 bridgehead atoms. The largest absolute Gasteiger partial charge is 0.497 e. The predicted molar refractivity (Wildman–Crippen MR) is 113 cm³/mol. The van der Waals surface area contributed by atoms with E-state index in [1.165, 1.54) is 5.56 Å². The average molecular weight is 399 g/mol. The summed E-state index contributed by atoms with van der Waals surface area (Å²) in [5, 5.41) is 3.10. The zero-order valence-corrected chi connectivity index (χ0v) is 17.9. The van der Waals surface area contributed by atoms with Crippen molar-refractivity contribution in [2.75, 3.05) is 34.4 Å². The Kier molecular flexibility index (Phi) is 6.20. The Morgan fingerprint density at radius 1 is 1.00 bits per heavy atom. The van der Waals surface area contributed by atoms with Crippen molar-refractivity contribution < 1.29 is 19.0 Å². The number of ether oxygens (including phenoxy) is 3. The summed E-state index contributed by atoms with van der Waals surface area (Å²) >= 11 is 0. The fraction of sp³-hybridized carbons (Fsp3) is 0.435. The minimum atomic E-state index is -0.188. The van der Waals surface area contributed by atoms with Gasteiger partial charge in [-0.1, -0.05) is 26.0 Å². The smallest absolute Gasteiger partial charge is 0.317 e. The van der Waals surface area contributed by atoms with Crippen LogP contribution in [0, 0.1) is 0 Å². The van der Waals surface area contributed by atoms with E-state index in [9.17, 15) is 4.79 Å². The van der Waals surface area contributed by atoms with Crippen LogP contribution >= 0.6 is 0 Å². The van der Waals surface area contributed by atoms with Crippen molar-refractivity contribution in [3.8, 4) is 17.2 Å². The summed E-state index contributed by atoms with van der Waals surface area (Å²) in [5.41, 5.74) is 3.26. The maximum absolute atomic E-state index is 12.8. The number of rotatable bonds is 6. The number of urea groups is 1. The molecule has 0 radical (unpaired) electrons. The molecule has 0 aliphatic carbocycles. The van der Waals surface area contributed by atoms with Crippen LogP contribution in [-0.4, -0.2) is 45.3 Å². The third-order valence-corrected chi connectivity index (χ3v) is 5.56. The van der Waals surface area contributed by atoms with Crippen LogP contribution in [0.5, 0.6) is 17.2 Å². The number of nitrogens with zero attached hydrogens (tertiary/aromatic N) is 1. The van der Waals surface area contributed by atoms with Gasteiger partial charge < -0.3 is 24.4 Å². The first kappa shape index (κ1) is 20.8. The lowest BCUT2D eigenvalue weighted by molar-refractivity contribution is 0.190. The van der Waals surface area contributed by atoms with Crippen molar-refractivity contribution in [2.45, 2.75) is 32.2 Å². The first-order valence-electron chi connectivity index (χ1n) is 9.79. The van der Waals surface area contributed by atoms with E-state index in [0.717, 1.165) is 29.0 Å². The topological polar surface area (TPSA) is 60.0 Å². The molecule has 3 rings (SSSR count). The molecule has 29 heavy (non-hydrogen) atoms. The molecular weight excluding hydrogens is 368 g/mol. The molecule has 1 N–H and O–H groups in total.